The quantitative estimate of drug-likeness (QED) is 0.784. The van der Waals surface area contributed by atoms with Gasteiger partial charge in [0.2, 0.25) is 0 Å². The van der Waals surface area contributed by atoms with Crippen molar-refractivity contribution in [1.82, 2.24) is 10.2 Å². The van der Waals surface area contributed by atoms with Crippen molar-refractivity contribution in [2.24, 2.45) is 11.3 Å². The van der Waals surface area contributed by atoms with Crippen LogP contribution in [0, 0.1) is 11.3 Å². The van der Waals surface area contributed by atoms with Crippen LogP contribution in [0.3, 0.4) is 0 Å². The molecule has 118 valence electrons. The molecule has 0 radical (unpaired) electrons. The summed E-state index contributed by atoms with van der Waals surface area (Å²) in [4.78, 5) is 2.87. The van der Waals surface area contributed by atoms with E-state index in [9.17, 15) is 0 Å². The summed E-state index contributed by atoms with van der Waals surface area (Å²) in [5, 5.41) is 3.41. The van der Waals surface area contributed by atoms with Gasteiger partial charge in [0.05, 0.1) is 0 Å². The topological polar surface area (TPSA) is 15.3 Å². The van der Waals surface area contributed by atoms with Crippen molar-refractivity contribution in [3.8, 4) is 0 Å². The summed E-state index contributed by atoms with van der Waals surface area (Å²) in [5.74, 6) is 0.931. The molecule has 2 nitrogen and oxygen atoms in total. The normalized spacial score (nSPS) is 33.9. The van der Waals surface area contributed by atoms with Gasteiger partial charge < -0.3 is 5.32 Å². The molecule has 1 saturated carbocycles. The number of likely N-dealkylation sites (N-methyl/N-ethyl adjacent to an activating group) is 1. The Hall–Kier alpha value is -0.0800. The molecule has 0 amide bonds. The maximum atomic E-state index is 3.41. The first-order chi connectivity index (χ1) is 9.52. The summed E-state index contributed by atoms with van der Waals surface area (Å²) >= 11 is 0. The van der Waals surface area contributed by atoms with Crippen LogP contribution in [0.5, 0.6) is 0 Å². The van der Waals surface area contributed by atoms with Crippen molar-refractivity contribution < 1.29 is 0 Å². The second-order valence-corrected chi connectivity index (χ2v) is 8.17. The smallest absolute Gasteiger partial charge is 0.0223 e. The van der Waals surface area contributed by atoms with Crippen molar-refractivity contribution >= 4 is 0 Å². The molecule has 0 aromatic carbocycles. The number of piperidine rings is 1. The maximum Gasteiger partial charge on any atom is 0.0223 e. The molecule has 0 bridgehead atoms. The number of hydrogen-bond acceptors (Lipinski definition) is 2. The second kappa shape index (κ2) is 7.26. The highest BCUT2D eigenvalue weighted by atomic mass is 15.2. The van der Waals surface area contributed by atoms with Gasteiger partial charge >= 0.3 is 0 Å². The number of nitrogens with one attached hydrogen (secondary N) is 1. The number of hydrogen-bond donors (Lipinski definition) is 1. The molecule has 3 atom stereocenters. The first kappa shape index (κ1) is 16.3. The third-order valence-electron chi connectivity index (χ3n) is 5.74. The molecule has 1 saturated heterocycles. The Labute approximate surface area is 126 Å². The van der Waals surface area contributed by atoms with Crippen LogP contribution in [0.1, 0.15) is 72.1 Å². The number of nitrogens with zero attached hydrogens (tertiary/aromatic N) is 1. The van der Waals surface area contributed by atoms with Crippen molar-refractivity contribution in [2.45, 2.75) is 84.2 Å². The fraction of sp³-hybridized carbons (Fsp3) is 1.00. The zero-order chi connectivity index (χ0) is 14.6. The van der Waals surface area contributed by atoms with Crippen LogP contribution < -0.4 is 5.32 Å². The first-order valence-corrected chi connectivity index (χ1v) is 8.92. The van der Waals surface area contributed by atoms with E-state index in [0.717, 1.165) is 18.0 Å². The van der Waals surface area contributed by atoms with Crippen LogP contribution in [0.2, 0.25) is 0 Å². The lowest BCUT2D eigenvalue weighted by Gasteiger charge is -2.41. The molecular weight excluding hydrogens is 244 g/mol. The van der Waals surface area contributed by atoms with E-state index < -0.39 is 0 Å². The fourth-order valence-corrected chi connectivity index (χ4v) is 4.44. The van der Waals surface area contributed by atoms with Gasteiger partial charge in [-0.3, -0.25) is 4.90 Å². The molecule has 0 aromatic rings. The predicted octanol–water partition coefficient (Wildman–Crippen LogP) is 4.06. The highest BCUT2D eigenvalue weighted by Gasteiger charge is 2.32. The third kappa shape index (κ3) is 4.21. The summed E-state index contributed by atoms with van der Waals surface area (Å²) in [5.41, 5.74) is 0.501. The summed E-state index contributed by atoms with van der Waals surface area (Å²) < 4.78 is 0. The molecule has 0 spiro atoms. The standard InChI is InChI=1S/C18H36N2/c1-18(2,3)15-8-7-10-16(12-11-15)20-13-6-5-9-17(20)14-19-4/h15-17,19H,5-14H2,1-4H3. The Morgan fingerprint density at radius 2 is 1.75 bits per heavy atom. The molecule has 2 heteroatoms. The van der Waals surface area contributed by atoms with Gasteiger partial charge in [0.1, 0.15) is 0 Å². The van der Waals surface area contributed by atoms with Crippen LogP contribution >= 0.6 is 0 Å². The van der Waals surface area contributed by atoms with Crippen LogP contribution in [-0.4, -0.2) is 37.1 Å². The summed E-state index contributed by atoms with van der Waals surface area (Å²) in [6.07, 6.45) is 11.4. The van der Waals surface area contributed by atoms with Crippen molar-refractivity contribution in [2.75, 3.05) is 20.1 Å². The van der Waals surface area contributed by atoms with E-state index in [0.29, 0.717) is 5.41 Å². The summed E-state index contributed by atoms with van der Waals surface area (Å²) in [6.45, 7) is 9.82. The number of likely N-dealkylation sites (tertiary alicyclic amines) is 1. The largest absolute Gasteiger partial charge is 0.318 e. The minimum absolute atomic E-state index is 0.501. The SMILES string of the molecule is CNCC1CCCCN1C1CCCC(C(C)(C)C)CC1. The van der Waals surface area contributed by atoms with Crippen molar-refractivity contribution in [3.05, 3.63) is 0 Å². The highest BCUT2D eigenvalue weighted by Crippen LogP contribution is 2.38. The van der Waals surface area contributed by atoms with Gasteiger partial charge in [-0.1, -0.05) is 33.6 Å². The van der Waals surface area contributed by atoms with E-state index in [1.807, 2.05) is 0 Å². The lowest BCUT2D eigenvalue weighted by atomic mass is 9.76. The van der Waals surface area contributed by atoms with E-state index >= 15 is 0 Å². The highest BCUT2D eigenvalue weighted by molar-refractivity contribution is 4.87. The zero-order valence-corrected chi connectivity index (χ0v) is 14.3. The minimum atomic E-state index is 0.501. The molecule has 1 aliphatic heterocycles. The van der Waals surface area contributed by atoms with Crippen LogP contribution in [0.25, 0.3) is 0 Å². The molecule has 0 aromatic heterocycles. The van der Waals surface area contributed by atoms with E-state index in [4.69, 9.17) is 0 Å². The van der Waals surface area contributed by atoms with Crippen LogP contribution in [-0.2, 0) is 0 Å². The molecule has 1 N–H and O–H groups in total. The zero-order valence-electron chi connectivity index (χ0n) is 14.3. The van der Waals surface area contributed by atoms with Crippen LogP contribution in [0.15, 0.2) is 0 Å². The molecule has 1 aliphatic carbocycles. The second-order valence-electron chi connectivity index (χ2n) is 8.17. The first-order valence-electron chi connectivity index (χ1n) is 8.92. The van der Waals surface area contributed by atoms with Crippen LogP contribution in [0.4, 0.5) is 0 Å². The lowest BCUT2D eigenvalue weighted by Crippen LogP contribution is -2.50. The maximum absolute atomic E-state index is 3.41. The summed E-state index contributed by atoms with van der Waals surface area (Å²) in [7, 11) is 2.11. The Bertz CT molecular complexity index is 280. The predicted molar refractivity (Wildman–Crippen MR) is 88.1 cm³/mol. The van der Waals surface area contributed by atoms with E-state index in [-0.39, 0.29) is 0 Å². The molecule has 2 fully saturated rings. The molecular formula is C18H36N2. The van der Waals surface area contributed by atoms with E-state index in [2.05, 4.69) is 38.0 Å². The van der Waals surface area contributed by atoms with E-state index in [1.165, 1.54) is 64.5 Å². The molecule has 3 unspecified atom stereocenters. The summed E-state index contributed by atoms with van der Waals surface area (Å²) in [6, 6.07) is 1.66. The molecule has 20 heavy (non-hydrogen) atoms. The van der Waals surface area contributed by atoms with Gasteiger partial charge in [-0.05, 0) is 63.5 Å². The average molecular weight is 281 g/mol. The Balaban J connectivity index is 1.94. The van der Waals surface area contributed by atoms with Gasteiger partial charge in [0.25, 0.3) is 0 Å². The number of rotatable bonds is 3. The van der Waals surface area contributed by atoms with Gasteiger partial charge in [-0.25, -0.2) is 0 Å². The van der Waals surface area contributed by atoms with E-state index in [1.54, 1.807) is 0 Å². The van der Waals surface area contributed by atoms with Gasteiger partial charge in [0, 0.05) is 18.6 Å². The fourth-order valence-electron chi connectivity index (χ4n) is 4.44. The third-order valence-corrected chi connectivity index (χ3v) is 5.74. The lowest BCUT2D eigenvalue weighted by molar-refractivity contribution is 0.0835. The van der Waals surface area contributed by atoms with Gasteiger partial charge in [0.15, 0.2) is 0 Å². The Morgan fingerprint density at radius 3 is 2.45 bits per heavy atom. The molecule has 1 heterocycles. The van der Waals surface area contributed by atoms with Gasteiger partial charge in [-0.15, -0.1) is 0 Å². The minimum Gasteiger partial charge on any atom is -0.318 e. The van der Waals surface area contributed by atoms with Gasteiger partial charge in [-0.2, -0.15) is 0 Å². The molecule has 2 rings (SSSR count). The van der Waals surface area contributed by atoms with Crippen molar-refractivity contribution in [1.29, 1.82) is 0 Å². The molecule has 2 aliphatic rings. The average Bonchev–Trinajstić information content (AvgIpc) is 2.65. The monoisotopic (exact) mass is 280 g/mol. The Kier molecular flexibility index (Phi) is 5.92. The van der Waals surface area contributed by atoms with Crippen molar-refractivity contribution in [3.63, 3.8) is 0 Å². The Morgan fingerprint density at radius 1 is 0.950 bits per heavy atom.